The minimum atomic E-state index is -0.0557. The zero-order valence-corrected chi connectivity index (χ0v) is 12.5. The second kappa shape index (κ2) is 6.75. The van der Waals surface area contributed by atoms with Crippen LogP contribution in [0.3, 0.4) is 0 Å². The van der Waals surface area contributed by atoms with Crippen molar-refractivity contribution in [2.24, 2.45) is 0 Å². The minimum absolute atomic E-state index is 0.0457. The van der Waals surface area contributed by atoms with Gasteiger partial charge in [0.25, 0.3) is 0 Å². The molecule has 1 fully saturated rings. The predicted octanol–water partition coefficient (Wildman–Crippen LogP) is 2.40. The molecule has 2 atom stereocenters. The van der Waals surface area contributed by atoms with E-state index in [0.29, 0.717) is 0 Å². The van der Waals surface area contributed by atoms with Gasteiger partial charge in [-0.15, -0.1) is 0 Å². The highest BCUT2D eigenvalue weighted by molar-refractivity contribution is 5.82. The molecule has 4 nitrogen and oxygen atoms in total. The largest absolute Gasteiger partial charge is 0.491 e. The zero-order chi connectivity index (χ0) is 14.5. The third kappa shape index (κ3) is 3.73. The van der Waals surface area contributed by atoms with Gasteiger partial charge in [-0.2, -0.15) is 0 Å². The summed E-state index contributed by atoms with van der Waals surface area (Å²) in [5, 5.41) is 6.29. The highest BCUT2D eigenvalue weighted by Crippen LogP contribution is 2.26. The number of carbonyl (C=O) groups is 1. The Hall–Kier alpha value is -1.55. The number of benzene rings is 1. The lowest BCUT2D eigenvalue weighted by molar-refractivity contribution is -0.123. The summed E-state index contributed by atoms with van der Waals surface area (Å²) in [5.41, 5.74) is 1.02. The van der Waals surface area contributed by atoms with Crippen LogP contribution in [0.5, 0.6) is 5.75 Å². The van der Waals surface area contributed by atoms with E-state index in [1.54, 1.807) is 0 Å². The lowest BCUT2D eigenvalue weighted by atomic mass is 10.1. The van der Waals surface area contributed by atoms with Crippen LogP contribution in [0.25, 0.3) is 0 Å². The number of carbonyl (C=O) groups excluding carboxylic acids is 1. The van der Waals surface area contributed by atoms with Crippen molar-refractivity contribution in [1.82, 2.24) is 10.6 Å². The monoisotopic (exact) mass is 276 g/mol. The van der Waals surface area contributed by atoms with Crippen molar-refractivity contribution >= 4 is 5.91 Å². The molecule has 20 heavy (non-hydrogen) atoms. The smallest absolute Gasteiger partial charge is 0.237 e. The molecule has 1 aliphatic heterocycles. The molecule has 4 heteroatoms. The van der Waals surface area contributed by atoms with Crippen LogP contribution in [0.15, 0.2) is 24.3 Å². The second-order valence-corrected chi connectivity index (χ2v) is 5.58. The Bertz CT molecular complexity index is 454. The standard InChI is InChI=1S/C16H24N2O2/c1-11(2)20-15-9-5-4-7-13(15)12(3)18-16(19)14-8-6-10-17-14/h4-5,7,9,11-12,14,17H,6,8,10H2,1-3H3,(H,18,19)/t12?,14-/m0/s1. The van der Waals surface area contributed by atoms with Gasteiger partial charge in [0.1, 0.15) is 5.75 Å². The number of hydrogen-bond donors (Lipinski definition) is 2. The van der Waals surface area contributed by atoms with Crippen LogP contribution in [0, 0.1) is 0 Å². The van der Waals surface area contributed by atoms with Gasteiger partial charge < -0.3 is 15.4 Å². The van der Waals surface area contributed by atoms with Crippen molar-refractivity contribution in [3.05, 3.63) is 29.8 Å². The highest BCUT2D eigenvalue weighted by Gasteiger charge is 2.24. The first-order chi connectivity index (χ1) is 9.58. The topological polar surface area (TPSA) is 50.4 Å². The van der Waals surface area contributed by atoms with E-state index in [0.717, 1.165) is 30.7 Å². The number of amides is 1. The number of rotatable bonds is 5. The molecular formula is C16H24N2O2. The van der Waals surface area contributed by atoms with Gasteiger partial charge >= 0.3 is 0 Å². The van der Waals surface area contributed by atoms with Gasteiger partial charge in [0.05, 0.1) is 18.2 Å². The molecule has 2 N–H and O–H groups in total. The Balaban J connectivity index is 2.04. The summed E-state index contributed by atoms with van der Waals surface area (Å²) in [6, 6.07) is 7.78. The average Bonchev–Trinajstić information content (AvgIpc) is 2.92. The Morgan fingerprint density at radius 1 is 1.35 bits per heavy atom. The van der Waals surface area contributed by atoms with Crippen LogP contribution in [0.1, 0.15) is 45.2 Å². The van der Waals surface area contributed by atoms with Gasteiger partial charge in [-0.05, 0) is 46.2 Å². The van der Waals surface area contributed by atoms with E-state index in [2.05, 4.69) is 10.6 Å². The van der Waals surface area contributed by atoms with Crippen LogP contribution < -0.4 is 15.4 Å². The fourth-order valence-corrected chi connectivity index (χ4v) is 2.50. The fourth-order valence-electron chi connectivity index (χ4n) is 2.50. The quantitative estimate of drug-likeness (QED) is 0.868. The number of hydrogen-bond acceptors (Lipinski definition) is 3. The molecule has 1 saturated heterocycles. The Labute approximate surface area is 120 Å². The third-order valence-electron chi connectivity index (χ3n) is 3.48. The Kier molecular flexibility index (Phi) is 5.01. The van der Waals surface area contributed by atoms with Gasteiger partial charge in [0.2, 0.25) is 5.91 Å². The molecule has 1 unspecified atom stereocenters. The van der Waals surface area contributed by atoms with E-state index in [-0.39, 0.29) is 24.1 Å². The maximum Gasteiger partial charge on any atom is 0.237 e. The molecule has 1 aromatic carbocycles. The number of ether oxygens (including phenoxy) is 1. The summed E-state index contributed by atoms with van der Waals surface area (Å²) < 4.78 is 5.81. The molecule has 1 amide bonds. The summed E-state index contributed by atoms with van der Waals surface area (Å²) in [5.74, 6) is 0.920. The molecule has 0 bridgehead atoms. The molecule has 1 heterocycles. The summed E-state index contributed by atoms with van der Waals surface area (Å²) in [6.07, 6.45) is 2.11. The number of nitrogens with one attached hydrogen (secondary N) is 2. The van der Waals surface area contributed by atoms with E-state index < -0.39 is 0 Å². The van der Waals surface area contributed by atoms with E-state index >= 15 is 0 Å². The molecule has 0 saturated carbocycles. The fraction of sp³-hybridized carbons (Fsp3) is 0.562. The second-order valence-electron chi connectivity index (χ2n) is 5.58. The molecule has 0 spiro atoms. The van der Waals surface area contributed by atoms with Gasteiger partial charge in [-0.1, -0.05) is 18.2 Å². The molecule has 0 radical (unpaired) electrons. The van der Waals surface area contributed by atoms with Crippen molar-refractivity contribution in [3.8, 4) is 5.75 Å². The first-order valence-electron chi connectivity index (χ1n) is 7.37. The van der Waals surface area contributed by atoms with Gasteiger partial charge in [0.15, 0.2) is 0 Å². The van der Waals surface area contributed by atoms with Gasteiger partial charge in [-0.25, -0.2) is 0 Å². The molecular weight excluding hydrogens is 252 g/mol. The first-order valence-corrected chi connectivity index (χ1v) is 7.37. The predicted molar refractivity (Wildman–Crippen MR) is 79.8 cm³/mol. The van der Waals surface area contributed by atoms with Crippen LogP contribution in [-0.4, -0.2) is 24.6 Å². The van der Waals surface area contributed by atoms with E-state index in [4.69, 9.17) is 4.74 Å². The molecule has 110 valence electrons. The van der Waals surface area contributed by atoms with Crippen LogP contribution in [0.4, 0.5) is 0 Å². The van der Waals surface area contributed by atoms with Gasteiger partial charge in [0, 0.05) is 5.56 Å². The summed E-state index contributed by atoms with van der Waals surface area (Å²) in [7, 11) is 0. The molecule has 0 aliphatic carbocycles. The van der Waals surface area contributed by atoms with Gasteiger partial charge in [-0.3, -0.25) is 4.79 Å². The maximum absolute atomic E-state index is 12.1. The Morgan fingerprint density at radius 2 is 2.10 bits per heavy atom. The summed E-state index contributed by atoms with van der Waals surface area (Å²) >= 11 is 0. The van der Waals surface area contributed by atoms with E-state index in [1.165, 1.54) is 0 Å². The van der Waals surface area contributed by atoms with Crippen molar-refractivity contribution in [1.29, 1.82) is 0 Å². The maximum atomic E-state index is 12.1. The normalized spacial score (nSPS) is 19.9. The van der Waals surface area contributed by atoms with Crippen molar-refractivity contribution in [3.63, 3.8) is 0 Å². The first kappa shape index (κ1) is 14.9. The lowest BCUT2D eigenvalue weighted by Gasteiger charge is -2.21. The van der Waals surface area contributed by atoms with Crippen LogP contribution in [-0.2, 0) is 4.79 Å². The van der Waals surface area contributed by atoms with Crippen molar-refractivity contribution < 1.29 is 9.53 Å². The van der Waals surface area contributed by atoms with E-state index in [1.807, 2.05) is 45.0 Å². The average molecular weight is 276 g/mol. The van der Waals surface area contributed by atoms with Crippen molar-refractivity contribution in [2.45, 2.75) is 51.8 Å². The SMILES string of the molecule is CC(C)Oc1ccccc1C(C)NC(=O)[C@@H]1CCCN1. The highest BCUT2D eigenvalue weighted by atomic mass is 16.5. The molecule has 1 aromatic rings. The molecule has 1 aliphatic rings. The number of para-hydroxylation sites is 1. The third-order valence-corrected chi connectivity index (χ3v) is 3.48. The lowest BCUT2D eigenvalue weighted by Crippen LogP contribution is -2.41. The van der Waals surface area contributed by atoms with Crippen molar-refractivity contribution in [2.75, 3.05) is 6.54 Å². The summed E-state index contributed by atoms with van der Waals surface area (Å²) in [6.45, 7) is 6.93. The van der Waals surface area contributed by atoms with E-state index in [9.17, 15) is 4.79 Å². The zero-order valence-electron chi connectivity index (χ0n) is 12.5. The minimum Gasteiger partial charge on any atom is -0.491 e. The van der Waals surface area contributed by atoms with Crippen LogP contribution in [0.2, 0.25) is 0 Å². The summed E-state index contributed by atoms with van der Waals surface area (Å²) in [4.78, 5) is 12.1. The molecule has 0 aromatic heterocycles. The molecule has 2 rings (SSSR count). The Morgan fingerprint density at radius 3 is 2.75 bits per heavy atom. The van der Waals surface area contributed by atoms with Crippen LogP contribution >= 0.6 is 0 Å².